The maximum Gasteiger partial charge on any atom is 0.322 e. The molecule has 0 radical (unpaired) electrons. The van der Waals surface area contributed by atoms with Gasteiger partial charge < -0.3 is 19.7 Å². The van der Waals surface area contributed by atoms with Gasteiger partial charge in [0.2, 0.25) is 0 Å². The first-order valence-electron chi connectivity index (χ1n) is 11.8. The quantitative estimate of drug-likeness (QED) is 0.296. The second kappa shape index (κ2) is 11.6. The van der Waals surface area contributed by atoms with Gasteiger partial charge in [0.25, 0.3) is 5.56 Å². The number of rotatable bonds is 8. The molecule has 0 saturated heterocycles. The molecule has 37 heavy (non-hydrogen) atoms. The van der Waals surface area contributed by atoms with E-state index in [1.165, 1.54) is 0 Å². The molecule has 9 heteroatoms. The summed E-state index contributed by atoms with van der Waals surface area (Å²) in [4.78, 5) is 33.9. The van der Waals surface area contributed by atoms with Crippen molar-refractivity contribution in [3.05, 3.63) is 92.9 Å². The topological polar surface area (TPSA) is 85.7 Å². The molecule has 8 nitrogen and oxygen atoms in total. The van der Waals surface area contributed by atoms with Gasteiger partial charge in [-0.25, -0.2) is 9.78 Å². The highest BCUT2D eigenvalue weighted by Gasteiger charge is 2.28. The van der Waals surface area contributed by atoms with Crippen molar-refractivity contribution in [3.63, 3.8) is 0 Å². The number of hydrogen-bond acceptors (Lipinski definition) is 5. The number of halogens is 1. The Balaban J connectivity index is 1.87. The van der Waals surface area contributed by atoms with Crippen LogP contribution in [0, 0.1) is 6.92 Å². The third-order valence-corrected chi connectivity index (χ3v) is 6.64. The number of carbonyl (C=O) groups is 1. The van der Waals surface area contributed by atoms with Crippen molar-refractivity contribution in [1.29, 1.82) is 0 Å². The summed E-state index contributed by atoms with van der Waals surface area (Å²) in [6.45, 7) is 4.39. The van der Waals surface area contributed by atoms with Gasteiger partial charge in [-0.3, -0.25) is 9.36 Å². The van der Waals surface area contributed by atoms with Crippen molar-refractivity contribution < 1.29 is 14.3 Å². The number of methoxy groups -OCH3 is 2. The Hall–Kier alpha value is -3.69. The molecule has 4 aromatic rings. The van der Waals surface area contributed by atoms with Crippen LogP contribution in [0.4, 0.5) is 10.5 Å². The summed E-state index contributed by atoms with van der Waals surface area (Å²) in [5.41, 5.74) is 2.48. The molecular formula is C28H29BrN4O4. The highest BCUT2D eigenvalue weighted by atomic mass is 79.9. The number of anilines is 1. The first-order valence-corrected chi connectivity index (χ1v) is 12.6. The first-order chi connectivity index (χ1) is 17.8. The number of benzene rings is 3. The molecule has 0 spiro atoms. The second-order valence-corrected chi connectivity index (χ2v) is 9.52. The SMILES string of the molecule is COCCN(C(=O)Nc1ccc(Br)cc1)C(C)c1nc2ccccc2c(=O)n1-c1cc(C)ccc1OC. The van der Waals surface area contributed by atoms with Crippen molar-refractivity contribution in [2.75, 3.05) is 32.7 Å². The fourth-order valence-corrected chi connectivity index (χ4v) is 4.43. The van der Waals surface area contributed by atoms with Crippen LogP contribution in [0.5, 0.6) is 5.75 Å². The Labute approximate surface area is 224 Å². The average molecular weight is 565 g/mol. The maximum atomic E-state index is 13.9. The third kappa shape index (κ3) is 5.68. The average Bonchev–Trinajstić information content (AvgIpc) is 2.90. The summed E-state index contributed by atoms with van der Waals surface area (Å²) in [5.74, 6) is 0.940. The number of fused-ring (bicyclic) bond motifs is 1. The number of urea groups is 1. The van der Waals surface area contributed by atoms with Gasteiger partial charge in [-0.1, -0.05) is 34.1 Å². The minimum Gasteiger partial charge on any atom is -0.495 e. The Morgan fingerprint density at radius 3 is 2.54 bits per heavy atom. The zero-order valence-corrected chi connectivity index (χ0v) is 22.8. The molecule has 1 unspecified atom stereocenters. The van der Waals surface area contributed by atoms with Gasteiger partial charge in [0, 0.05) is 23.8 Å². The molecule has 3 aromatic carbocycles. The molecule has 1 N–H and O–H groups in total. The monoisotopic (exact) mass is 564 g/mol. The van der Waals surface area contributed by atoms with Crippen LogP contribution >= 0.6 is 15.9 Å². The van der Waals surface area contributed by atoms with Crippen LogP contribution < -0.4 is 15.6 Å². The summed E-state index contributed by atoms with van der Waals surface area (Å²) < 4.78 is 13.4. The van der Waals surface area contributed by atoms with Gasteiger partial charge in [0.05, 0.1) is 36.3 Å². The van der Waals surface area contributed by atoms with E-state index < -0.39 is 6.04 Å². The van der Waals surface area contributed by atoms with E-state index in [1.807, 2.05) is 68.4 Å². The Kier molecular flexibility index (Phi) is 8.25. The van der Waals surface area contributed by atoms with E-state index in [0.717, 1.165) is 10.0 Å². The number of nitrogens with one attached hydrogen (secondary N) is 1. The van der Waals surface area contributed by atoms with Crippen LogP contribution in [0.2, 0.25) is 0 Å². The molecule has 192 valence electrons. The van der Waals surface area contributed by atoms with Crippen molar-refractivity contribution in [2.45, 2.75) is 19.9 Å². The molecule has 0 aliphatic heterocycles. The second-order valence-electron chi connectivity index (χ2n) is 8.60. The van der Waals surface area contributed by atoms with Gasteiger partial charge in [0.1, 0.15) is 11.6 Å². The predicted octanol–water partition coefficient (Wildman–Crippen LogP) is 5.71. The molecule has 1 atom stereocenters. The molecular weight excluding hydrogens is 536 g/mol. The van der Waals surface area contributed by atoms with Gasteiger partial charge >= 0.3 is 6.03 Å². The standard InChI is InChI=1S/C28H29BrN4O4/c1-18-9-14-25(37-4)24(17-18)33-26(31-23-8-6-5-7-22(23)27(33)34)19(2)32(15-16-36-3)28(35)30-21-12-10-20(29)11-13-21/h5-14,17,19H,15-16H2,1-4H3,(H,30,35). The number of hydrogen-bond donors (Lipinski definition) is 1. The van der Waals surface area contributed by atoms with Crippen LogP contribution in [0.15, 0.2) is 76.0 Å². The van der Waals surface area contributed by atoms with E-state index in [1.54, 1.807) is 35.8 Å². The lowest BCUT2D eigenvalue weighted by atomic mass is 10.1. The van der Waals surface area contributed by atoms with E-state index >= 15 is 0 Å². The molecule has 0 saturated carbocycles. The van der Waals surface area contributed by atoms with Gasteiger partial charge in [-0.2, -0.15) is 0 Å². The van der Waals surface area contributed by atoms with E-state index in [4.69, 9.17) is 14.5 Å². The van der Waals surface area contributed by atoms with E-state index in [0.29, 0.717) is 40.5 Å². The lowest BCUT2D eigenvalue weighted by Crippen LogP contribution is -2.41. The molecule has 0 fully saturated rings. The van der Waals surface area contributed by atoms with Crippen LogP contribution in [-0.2, 0) is 4.74 Å². The van der Waals surface area contributed by atoms with Crippen molar-refractivity contribution in [2.24, 2.45) is 0 Å². The maximum absolute atomic E-state index is 13.9. The molecule has 0 aliphatic carbocycles. The zero-order chi connectivity index (χ0) is 26.5. The largest absolute Gasteiger partial charge is 0.495 e. The first kappa shape index (κ1) is 26.4. The predicted molar refractivity (Wildman–Crippen MR) is 149 cm³/mol. The van der Waals surface area contributed by atoms with Crippen LogP contribution in [0.1, 0.15) is 24.4 Å². The van der Waals surface area contributed by atoms with Gasteiger partial charge in [-0.15, -0.1) is 0 Å². The minimum absolute atomic E-state index is 0.239. The van der Waals surface area contributed by atoms with Crippen molar-refractivity contribution >= 4 is 38.6 Å². The molecule has 1 heterocycles. The van der Waals surface area contributed by atoms with Crippen molar-refractivity contribution in [1.82, 2.24) is 14.5 Å². The molecule has 2 amide bonds. The summed E-state index contributed by atoms with van der Waals surface area (Å²) >= 11 is 3.41. The molecule has 0 bridgehead atoms. The summed E-state index contributed by atoms with van der Waals surface area (Å²) in [6, 6.07) is 19.2. The van der Waals surface area contributed by atoms with Crippen LogP contribution in [0.25, 0.3) is 16.6 Å². The summed E-state index contributed by atoms with van der Waals surface area (Å²) in [6.07, 6.45) is 0. The molecule has 4 rings (SSSR count). The van der Waals surface area contributed by atoms with Crippen LogP contribution in [-0.4, -0.2) is 47.9 Å². The summed E-state index contributed by atoms with van der Waals surface area (Å²) in [7, 11) is 3.14. The van der Waals surface area contributed by atoms with Crippen molar-refractivity contribution in [3.8, 4) is 11.4 Å². The molecule has 0 aliphatic rings. The zero-order valence-electron chi connectivity index (χ0n) is 21.2. The minimum atomic E-state index is -0.590. The van der Waals surface area contributed by atoms with Gasteiger partial charge in [0.15, 0.2) is 0 Å². The third-order valence-electron chi connectivity index (χ3n) is 6.11. The fourth-order valence-electron chi connectivity index (χ4n) is 4.17. The molecule has 1 aromatic heterocycles. The number of para-hydroxylation sites is 1. The highest BCUT2D eigenvalue weighted by Crippen LogP contribution is 2.29. The van der Waals surface area contributed by atoms with E-state index in [-0.39, 0.29) is 18.1 Å². The highest BCUT2D eigenvalue weighted by molar-refractivity contribution is 9.10. The number of carbonyl (C=O) groups excluding carboxylic acids is 1. The number of aromatic nitrogens is 2. The van der Waals surface area contributed by atoms with Crippen LogP contribution in [0.3, 0.4) is 0 Å². The van der Waals surface area contributed by atoms with Gasteiger partial charge in [-0.05, 0) is 67.9 Å². The van der Waals surface area contributed by atoms with E-state index in [2.05, 4.69) is 21.2 Å². The van der Waals surface area contributed by atoms with E-state index in [9.17, 15) is 9.59 Å². The number of nitrogens with zero attached hydrogens (tertiary/aromatic N) is 3. The Morgan fingerprint density at radius 1 is 1.11 bits per heavy atom. The Bertz CT molecular complexity index is 1470. The lowest BCUT2D eigenvalue weighted by molar-refractivity contribution is 0.137. The number of aryl methyl sites for hydroxylation is 1. The fraction of sp³-hybridized carbons (Fsp3) is 0.250. The number of ether oxygens (including phenoxy) is 2. The smallest absolute Gasteiger partial charge is 0.322 e. The summed E-state index contributed by atoms with van der Waals surface area (Å²) in [5, 5.41) is 3.42. The lowest BCUT2D eigenvalue weighted by Gasteiger charge is -2.30. The number of amides is 2. The Morgan fingerprint density at radius 2 is 1.84 bits per heavy atom. The normalized spacial score (nSPS) is 11.8.